The Bertz CT molecular complexity index is 755. The van der Waals surface area contributed by atoms with Gasteiger partial charge in [-0.15, -0.1) is 11.3 Å². The molecule has 25 heavy (non-hydrogen) atoms. The van der Waals surface area contributed by atoms with E-state index in [0.717, 1.165) is 29.5 Å². The lowest BCUT2D eigenvalue weighted by Crippen LogP contribution is -2.48. The molecule has 1 fully saturated rings. The quantitative estimate of drug-likeness (QED) is 0.591. The third-order valence-corrected chi connectivity index (χ3v) is 5.45. The monoisotopic (exact) mass is 379 g/mol. The van der Waals surface area contributed by atoms with E-state index in [4.69, 9.17) is 11.6 Å². The number of hydrogen-bond acceptors (Lipinski definition) is 5. The van der Waals surface area contributed by atoms with Crippen LogP contribution in [-0.2, 0) is 17.8 Å². The number of amides is 1. The summed E-state index contributed by atoms with van der Waals surface area (Å²) in [5, 5.41) is 10.7. The number of halogens is 1. The van der Waals surface area contributed by atoms with Gasteiger partial charge in [0.2, 0.25) is 5.91 Å². The zero-order chi connectivity index (χ0) is 17.8. The van der Waals surface area contributed by atoms with Gasteiger partial charge in [0.05, 0.1) is 15.7 Å². The molecule has 1 aliphatic heterocycles. The summed E-state index contributed by atoms with van der Waals surface area (Å²) in [5.74, 6) is 0.0627. The molecular formula is C17H18ClN3O3S. The van der Waals surface area contributed by atoms with Crippen LogP contribution in [0.15, 0.2) is 36.4 Å². The third-order valence-electron chi connectivity index (χ3n) is 4.24. The van der Waals surface area contributed by atoms with Crippen molar-refractivity contribution in [2.75, 3.05) is 26.2 Å². The highest BCUT2D eigenvalue weighted by Crippen LogP contribution is 2.23. The number of carbonyl (C=O) groups is 1. The molecule has 0 N–H and O–H groups in total. The van der Waals surface area contributed by atoms with E-state index in [1.807, 2.05) is 17.0 Å². The Balaban J connectivity index is 1.48. The number of nitrogens with zero attached hydrogens (tertiary/aromatic N) is 3. The summed E-state index contributed by atoms with van der Waals surface area (Å²) in [6, 6.07) is 10.1. The first-order valence-electron chi connectivity index (χ1n) is 7.99. The average Bonchev–Trinajstić information content (AvgIpc) is 3.01. The number of nitro benzene ring substituents is 1. The standard InChI is InChI=1S/C17H18ClN3O3S/c18-16-6-5-15(25-16)12-19-7-9-20(10-8-19)17(22)11-13-1-3-14(4-2-13)21(23)24/h1-6H,7-12H2. The Labute approximate surface area is 154 Å². The van der Waals surface area contributed by atoms with Gasteiger partial charge in [0.15, 0.2) is 0 Å². The second kappa shape index (κ2) is 7.95. The Kier molecular flexibility index (Phi) is 5.67. The van der Waals surface area contributed by atoms with Gasteiger partial charge in [0.1, 0.15) is 0 Å². The fraction of sp³-hybridized carbons (Fsp3) is 0.353. The van der Waals surface area contributed by atoms with E-state index in [1.165, 1.54) is 17.0 Å². The summed E-state index contributed by atoms with van der Waals surface area (Å²) >= 11 is 7.55. The van der Waals surface area contributed by atoms with Crippen molar-refractivity contribution in [3.63, 3.8) is 0 Å². The molecule has 0 saturated carbocycles. The van der Waals surface area contributed by atoms with Gasteiger partial charge in [-0.2, -0.15) is 0 Å². The van der Waals surface area contributed by atoms with Crippen LogP contribution in [0.25, 0.3) is 0 Å². The molecule has 0 unspecified atom stereocenters. The van der Waals surface area contributed by atoms with Gasteiger partial charge in [-0.1, -0.05) is 23.7 Å². The number of rotatable bonds is 5. The zero-order valence-electron chi connectivity index (χ0n) is 13.6. The summed E-state index contributed by atoms with van der Waals surface area (Å²) in [6.45, 7) is 3.93. The second-order valence-corrected chi connectivity index (χ2v) is 7.76. The summed E-state index contributed by atoms with van der Waals surface area (Å²) in [5.41, 5.74) is 0.838. The topological polar surface area (TPSA) is 66.7 Å². The first-order chi connectivity index (χ1) is 12.0. The second-order valence-electron chi connectivity index (χ2n) is 5.96. The molecule has 0 radical (unpaired) electrons. The predicted molar refractivity (Wildman–Crippen MR) is 98.0 cm³/mol. The fourth-order valence-corrected chi connectivity index (χ4v) is 3.96. The van der Waals surface area contributed by atoms with Crippen molar-refractivity contribution in [2.24, 2.45) is 0 Å². The molecule has 0 bridgehead atoms. The van der Waals surface area contributed by atoms with Gasteiger partial charge in [-0.05, 0) is 17.7 Å². The van der Waals surface area contributed by atoms with Gasteiger partial charge < -0.3 is 4.90 Å². The van der Waals surface area contributed by atoms with E-state index in [9.17, 15) is 14.9 Å². The van der Waals surface area contributed by atoms with Crippen LogP contribution in [-0.4, -0.2) is 46.8 Å². The molecule has 0 atom stereocenters. The predicted octanol–water partition coefficient (Wildman–Crippen LogP) is 3.20. The maximum atomic E-state index is 12.4. The number of piperazine rings is 1. The molecule has 3 rings (SSSR count). The van der Waals surface area contributed by atoms with Crippen LogP contribution >= 0.6 is 22.9 Å². The van der Waals surface area contributed by atoms with Crippen molar-refractivity contribution in [1.82, 2.24) is 9.80 Å². The van der Waals surface area contributed by atoms with Gasteiger partial charge in [-0.3, -0.25) is 19.8 Å². The molecule has 1 aromatic heterocycles. The minimum Gasteiger partial charge on any atom is -0.340 e. The van der Waals surface area contributed by atoms with E-state index in [-0.39, 0.29) is 18.0 Å². The maximum absolute atomic E-state index is 12.4. The van der Waals surface area contributed by atoms with Crippen LogP contribution in [0.2, 0.25) is 4.34 Å². The van der Waals surface area contributed by atoms with E-state index in [0.29, 0.717) is 13.1 Å². The molecule has 1 amide bonds. The van der Waals surface area contributed by atoms with Crippen molar-refractivity contribution in [3.05, 3.63) is 61.3 Å². The van der Waals surface area contributed by atoms with Crippen LogP contribution in [0, 0.1) is 10.1 Å². The normalized spacial score (nSPS) is 15.3. The molecule has 132 valence electrons. The van der Waals surface area contributed by atoms with Crippen molar-refractivity contribution < 1.29 is 9.72 Å². The van der Waals surface area contributed by atoms with Crippen molar-refractivity contribution in [3.8, 4) is 0 Å². The highest BCUT2D eigenvalue weighted by molar-refractivity contribution is 7.16. The van der Waals surface area contributed by atoms with Crippen LogP contribution in [0.3, 0.4) is 0 Å². The summed E-state index contributed by atoms with van der Waals surface area (Å²) in [6.07, 6.45) is 0.276. The SMILES string of the molecule is O=C(Cc1ccc([N+](=O)[O-])cc1)N1CCN(Cc2ccc(Cl)s2)CC1. The van der Waals surface area contributed by atoms with Gasteiger partial charge in [0.25, 0.3) is 5.69 Å². The Morgan fingerprint density at radius 1 is 1.12 bits per heavy atom. The lowest BCUT2D eigenvalue weighted by Gasteiger charge is -2.34. The maximum Gasteiger partial charge on any atom is 0.269 e. The summed E-state index contributed by atoms with van der Waals surface area (Å²) in [4.78, 5) is 28.0. The number of nitro groups is 1. The van der Waals surface area contributed by atoms with E-state index < -0.39 is 4.92 Å². The van der Waals surface area contributed by atoms with Crippen LogP contribution in [0.5, 0.6) is 0 Å². The van der Waals surface area contributed by atoms with Crippen LogP contribution < -0.4 is 0 Å². The molecule has 1 aromatic carbocycles. The molecular weight excluding hydrogens is 362 g/mol. The smallest absolute Gasteiger partial charge is 0.269 e. The average molecular weight is 380 g/mol. The van der Waals surface area contributed by atoms with E-state index in [2.05, 4.69) is 4.90 Å². The van der Waals surface area contributed by atoms with Crippen molar-refractivity contribution >= 4 is 34.5 Å². The minimum absolute atomic E-state index is 0.0403. The third kappa shape index (κ3) is 4.78. The van der Waals surface area contributed by atoms with Gasteiger partial charge in [0, 0.05) is 49.7 Å². The first-order valence-corrected chi connectivity index (χ1v) is 9.18. The van der Waals surface area contributed by atoms with Crippen LogP contribution in [0.1, 0.15) is 10.4 Å². The number of thiophene rings is 1. The van der Waals surface area contributed by atoms with Gasteiger partial charge in [-0.25, -0.2) is 0 Å². The molecule has 1 saturated heterocycles. The fourth-order valence-electron chi connectivity index (χ4n) is 2.83. The Morgan fingerprint density at radius 3 is 2.36 bits per heavy atom. The highest BCUT2D eigenvalue weighted by atomic mass is 35.5. The molecule has 0 aliphatic carbocycles. The van der Waals surface area contributed by atoms with Crippen molar-refractivity contribution in [1.29, 1.82) is 0 Å². The molecule has 2 aromatic rings. The molecule has 2 heterocycles. The summed E-state index contributed by atoms with van der Waals surface area (Å²) in [7, 11) is 0. The zero-order valence-corrected chi connectivity index (χ0v) is 15.1. The number of non-ortho nitro benzene ring substituents is 1. The first kappa shape index (κ1) is 17.8. The Morgan fingerprint density at radius 2 is 1.80 bits per heavy atom. The number of benzene rings is 1. The molecule has 0 spiro atoms. The number of carbonyl (C=O) groups excluding carboxylic acids is 1. The Hall–Kier alpha value is -1.96. The lowest BCUT2D eigenvalue weighted by atomic mass is 10.1. The highest BCUT2D eigenvalue weighted by Gasteiger charge is 2.21. The molecule has 1 aliphatic rings. The summed E-state index contributed by atoms with van der Waals surface area (Å²) < 4.78 is 0.798. The largest absolute Gasteiger partial charge is 0.340 e. The van der Waals surface area contributed by atoms with Gasteiger partial charge >= 0.3 is 0 Å². The minimum atomic E-state index is -0.439. The van der Waals surface area contributed by atoms with Crippen molar-refractivity contribution in [2.45, 2.75) is 13.0 Å². The molecule has 8 heteroatoms. The van der Waals surface area contributed by atoms with E-state index in [1.54, 1.807) is 23.5 Å². The van der Waals surface area contributed by atoms with Crippen LogP contribution in [0.4, 0.5) is 5.69 Å². The van der Waals surface area contributed by atoms with E-state index >= 15 is 0 Å². The number of hydrogen-bond donors (Lipinski definition) is 0. The lowest BCUT2D eigenvalue weighted by molar-refractivity contribution is -0.384. The molecule has 6 nitrogen and oxygen atoms in total.